The van der Waals surface area contributed by atoms with E-state index in [0.29, 0.717) is 0 Å². The predicted molar refractivity (Wildman–Crippen MR) is 21.7 cm³/mol. The molecule has 0 radical (unpaired) electrons. The van der Waals surface area contributed by atoms with Crippen LogP contribution in [-0.4, -0.2) is 16.3 Å². The monoisotopic (exact) mass is 103 g/mol. The Kier molecular flexibility index (Phi) is 1.87. The summed E-state index contributed by atoms with van der Waals surface area (Å²) in [6.45, 7) is 2.91. The van der Waals surface area contributed by atoms with Crippen molar-refractivity contribution in [2.45, 2.75) is 0 Å². The maximum Gasteiger partial charge on any atom is 0.353 e. The third-order valence-electron chi connectivity index (χ3n) is 0.393. The summed E-state index contributed by atoms with van der Waals surface area (Å²) < 4.78 is 0. The van der Waals surface area contributed by atoms with Crippen molar-refractivity contribution in [3.8, 4) is 0 Å². The highest BCUT2D eigenvalue weighted by molar-refractivity contribution is 5.84. The summed E-state index contributed by atoms with van der Waals surface area (Å²) in [7, 11) is 0. The standard InChI is InChI=1S/C3H5NO3/c1-2(4-7)3(5)6/h4,7H,1H2,(H,5,6). The number of carboxylic acid groups (broad SMARTS) is 1. The Labute approximate surface area is 40.0 Å². The first-order valence-corrected chi connectivity index (χ1v) is 1.50. The Morgan fingerprint density at radius 2 is 2.14 bits per heavy atom. The lowest BCUT2D eigenvalue weighted by molar-refractivity contribution is -0.134. The highest BCUT2D eigenvalue weighted by Gasteiger charge is 1.97. The van der Waals surface area contributed by atoms with Crippen LogP contribution < -0.4 is 5.48 Å². The number of aliphatic carboxylic acids is 1. The lowest BCUT2D eigenvalue weighted by atomic mass is 10.5. The summed E-state index contributed by atoms with van der Waals surface area (Å²) in [5, 5.41) is 15.6. The minimum absolute atomic E-state index is 0.431. The molecular weight excluding hydrogens is 98.0 g/mol. The molecule has 40 valence electrons. The van der Waals surface area contributed by atoms with E-state index in [1.54, 1.807) is 0 Å². The van der Waals surface area contributed by atoms with Gasteiger partial charge in [-0.25, -0.2) is 4.79 Å². The average molecular weight is 103 g/mol. The van der Waals surface area contributed by atoms with Crippen molar-refractivity contribution in [1.29, 1.82) is 0 Å². The molecule has 0 atom stereocenters. The Morgan fingerprint density at radius 3 is 2.14 bits per heavy atom. The van der Waals surface area contributed by atoms with Gasteiger partial charge in [-0.1, -0.05) is 6.58 Å². The lowest BCUT2D eigenvalue weighted by Crippen LogP contribution is -2.13. The second kappa shape index (κ2) is 2.20. The van der Waals surface area contributed by atoms with E-state index < -0.39 is 11.7 Å². The zero-order chi connectivity index (χ0) is 5.86. The van der Waals surface area contributed by atoms with Gasteiger partial charge in [0.05, 0.1) is 0 Å². The molecule has 3 N–H and O–H groups in total. The Morgan fingerprint density at radius 1 is 1.71 bits per heavy atom. The molecule has 0 bridgehead atoms. The van der Waals surface area contributed by atoms with E-state index >= 15 is 0 Å². The van der Waals surface area contributed by atoms with Crippen molar-refractivity contribution in [3.05, 3.63) is 12.3 Å². The van der Waals surface area contributed by atoms with Gasteiger partial charge in [-0.05, 0) is 0 Å². The molecule has 0 unspecified atom stereocenters. The zero-order valence-corrected chi connectivity index (χ0v) is 3.51. The third kappa shape index (κ3) is 1.77. The van der Waals surface area contributed by atoms with Crippen LogP contribution in [0, 0.1) is 0 Å². The molecule has 0 rings (SSSR count). The smallest absolute Gasteiger partial charge is 0.353 e. The quantitative estimate of drug-likeness (QED) is 0.327. The van der Waals surface area contributed by atoms with Gasteiger partial charge in [0.2, 0.25) is 0 Å². The van der Waals surface area contributed by atoms with E-state index in [1.165, 1.54) is 5.48 Å². The van der Waals surface area contributed by atoms with Crippen LogP contribution in [0.2, 0.25) is 0 Å². The Bertz CT molecular complexity index is 98.4. The molecule has 0 fully saturated rings. The van der Waals surface area contributed by atoms with Gasteiger partial charge in [-0.15, -0.1) is 0 Å². The second-order valence-electron chi connectivity index (χ2n) is 0.896. The van der Waals surface area contributed by atoms with Crippen LogP contribution in [-0.2, 0) is 4.79 Å². The summed E-state index contributed by atoms with van der Waals surface area (Å²) in [4.78, 5) is 9.61. The van der Waals surface area contributed by atoms with Gasteiger partial charge in [-0.2, -0.15) is 0 Å². The maximum absolute atomic E-state index is 9.61. The summed E-state index contributed by atoms with van der Waals surface area (Å²) >= 11 is 0. The highest BCUT2D eigenvalue weighted by atomic mass is 16.5. The molecule has 0 heterocycles. The second-order valence-corrected chi connectivity index (χ2v) is 0.896. The molecule has 0 saturated carbocycles. The van der Waals surface area contributed by atoms with Crippen LogP contribution in [0.1, 0.15) is 0 Å². The normalized spacial score (nSPS) is 7.57. The summed E-state index contributed by atoms with van der Waals surface area (Å²) in [5.74, 6) is -1.26. The fourth-order valence-corrected chi connectivity index (χ4v) is 0.0478. The van der Waals surface area contributed by atoms with Gasteiger partial charge in [0.15, 0.2) is 0 Å². The Hall–Kier alpha value is -1.03. The van der Waals surface area contributed by atoms with Crippen LogP contribution in [0.4, 0.5) is 0 Å². The van der Waals surface area contributed by atoms with E-state index in [-0.39, 0.29) is 0 Å². The van der Waals surface area contributed by atoms with Crippen molar-refractivity contribution in [2.75, 3.05) is 0 Å². The Balaban J connectivity index is 3.58. The lowest BCUT2D eigenvalue weighted by Gasteiger charge is -1.90. The number of hydrogen-bond donors (Lipinski definition) is 3. The summed E-state index contributed by atoms with van der Waals surface area (Å²) in [6, 6.07) is 0. The summed E-state index contributed by atoms with van der Waals surface area (Å²) in [5.41, 5.74) is 0.940. The molecule has 0 saturated heterocycles. The topological polar surface area (TPSA) is 69.6 Å². The number of carboxylic acids is 1. The first kappa shape index (κ1) is 5.97. The van der Waals surface area contributed by atoms with Gasteiger partial charge in [0, 0.05) is 0 Å². The van der Waals surface area contributed by atoms with Crippen LogP contribution in [0.15, 0.2) is 12.3 Å². The van der Waals surface area contributed by atoms with Gasteiger partial charge in [-0.3, -0.25) is 10.7 Å². The molecule has 0 amide bonds. The molecule has 4 heteroatoms. The van der Waals surface area contributed by atoms with Crippen LogP contribution >= 0.6 is 0 Å². The average Bonchev–Trinajstić information content (AvgIpc) is 1.65. The van der Waals surface area contributed by atoms with Gasteiger partial charge in [0.1, 0.15) is 5.70 Å². The van der Waals surface area contributed by atoms with E-state index in [0.717, 1.165) is 0 Å². The molecule has 0 aromatic carbocycles. The van der Waals surface area contributed by atoms with Crippen molar-refractivity contribution < 1.29 is 15.1 Å². The van der Waals surface area contributed by atoms with Crippen LogP contribution in [0.25, 0.3) is 0 Å². The number of rotatable bonds is 2. The van der Waals surface area contributed by atoms with Crippen LogP contribution in [0.3, 0.4) is 0 Å². The first-order valence-electron chi connectivity index (χ1n) is 1.50. The van der Waals surface area contributed by atoms with Crippen molar-refractivity contribution in [2.24, 2.45) is 0 Å². The van der Waals surface area contributed by atoms with Crippen LogP contribution in [0.5, 0.6) is 0 Å². The fourth-order valence-electron chi connectivity index (χ4n) is 0.0478. The molecule has 0 aromatic heterocycles. The third-order valence-corrected chi connectivity index (χ3v) is 0.393. The van der Waals surface area contributed by atoms with E-state index in [1.807, 2.05) is 0 Å². The molecule has 0 spiro atoms. The maximum atomic E-state index is 9.61. The summed E-state index contributed by atoms with van der Waals surface area (Å²) in [6.07, 6.45) is 0. The first-order chi connectivity index (χ1) is 3.18. The largest absolute Gasteiger partial charge is 0.477 e. The van der Waals surface area contributed by atoms with E-state index in [2.05, 4.69) is 6.58 Å². The van der Waals surface area contributed by atoms with Crippen molar-refractivity contribution in [1.82, 2.24) is 5.48 Å². The molecule has 0 aliphatic rings. The predicted octanol–water partition coefficient (Wildman–Crippen LogP) is -0.437. The van der Waals surface area contributed by atoms with E-state index in [9.17, 15) is 4.79 Å². The number of hydroxylamine groups is 1. The SMILES string of the molecule is C=C(NO)C(=O)O. The zero-order valence-electron chi connectivity index (χ0n) is 3.51. The minimum atomic E-state index is -1.26. The molecule has 0 aliphatic carbocycles. The van der Waals surface area contributed by atoms with Gasteiger partial charge in [0.25, 0.3) is 0 Å². The van der Waals surface area contributed by atoms with Crippen molar-refractivity contribution >= 4 is 5.97 Å². The minimum Gasteiger partial charge on any atom is -0.477 e. The van der Waals surface area contributed by atoms with Crippen molar-refractivity contribution in [3.63, 3.8) is 0 Å². The molecule has 0 aliphatic heterocycles. The van der Waals surface area contributed by atoms with E-state index in [4.69, 9.17) is 10.3 Å². The number of carbonyl (C=O) groups is 1. The van der Waals surface area contributed by atoms with Gasteiger partial charge < -0.3 is 5.11 Å². The highest BCUT2D eigenvalue weighted by Crippen LogP contribution is 1.76. The van der Waals surface area contributed by atoms with Gasteiger partial charge >= 0.3 is 5.97 Å². The molecule has 4 nitrogen and oxygen atoms in total. The molecule has 0 aromatic rings. The number of hydrogen-bond acceptors (Lipinski definition) is 3. The fraction of sp³-hybridized carbons (Fsp3) is 0. The number of nitrogens with one attached hydrogen (secondary N) is 1. The molecule has 7 heavy (non-hydrogen) atoms. The molecular formula is C3H5NO3.